The Hall–Kier alpha value is -1.49. The van der Waals surface area contributed by atoms with Crippen molar-refractivity contribution in [3.8, 4) is 0 Å². The first-order valence-electron chi connectivity index (χ1n) is 7.39. The fraction of sp³-hybridized carbons (Fsp3) is 0.600. The highest BCUT2D eigenvalue weighted by Gasteiger charge is 2.33. The van der Waals surface area contributed by atoms with Gasteiger partial charge in [0, 0.05) is 19.3 Å². The normalized spacial score (nSPS) is 21.4. The summed E-state index contributed by atoms with van der Waals surface area (Å²) in [6.45, 7) is 3.17. The number of hydrogen-bond acceptors (Lipinski definition) is 2. The number of carbonyl (C=O) groups is 2. The number of carboxylic acids is 1. The van der Waals surface area contributed by atoms with Crippen molar-refractivity contribution in [1.29, 1.82) is 0 Å². The highest BCUT2D eigenvalue weighted by molar-refractivity contribution is 6.31. The maximum atomic E-state index is 12.2. The van der Waals surface area contributed by atoms with Gasteiger partial charge in [0.25, 0.3) is 5.91 Å². The lowest BCUT2D eigenvalue weighted by Gasteiger charge is -2.16. The van der Waals surface area contributed by atoms with Gasteiger partial charge in [-0.1, -0.05) is 24.9 Å². The van der Waals surface area contributed by atoms with Crippen LogP contribution in [-0.2, 0) is 11.3 Å². The molecule has 0 saturated heterocycles. The number of halogens is 1. The SMILES string of the molecule is CCCn1cc(Cl)cc1C(=O)NCC1CCCC1C(=O)O. The van der Waals surface area contributed by atoms with Crippen molar-refractivity contribution in [3.05, 3.63) is 23.0 Å². The van der Waals surface area contributed by atoms with E-state index in [2.05, 4.69) is 5.32 Å². The molecule has 1 aliphatic rings. The van der Waals surface area contributed by atoms with E-state index in [1.165, 1.54) is 0 Å². The van der Waals surface area contributed by atoms with Crippen LogP contribution in [0.4, 0.5) is 0 Å². The Balaban J connectivity index is 1.97. The van der Waals surface area contributed by atoms with Crippen LogP contribution in [0, 0.1) is 11.8 Å². The van der Waals surface area contributed by atoms with Crippen molar-refractivity contribution >= 4 is 23.5 Å². The van der Waals surface area contributed by atoms with Crippen LogP contribution in [0.2, 0.25) is 5.02 Å². The lowest BCUT2D eigenvalue weighted by Crippen LogP contribution is -2.34. The van der Waals surface area contributed by atoms with Crippen LogP contribution in [0.15, 0.2) is 12.3 Å². The van der Waals surface area contributed by atoms with Gasteiger partial charge in [-0.05, 0) is 31.2 Å². The topological polar surface area (TPSA) is 71.3 Å². The Labute approximate surface area is 129 Å². The second-order valence-electron chi connectivity index (χ2n) is 5.58. The van der Waals surface area contributed by atoms with Crippen molar-refractivity contribution in [1.82, 2.24) is 9.88 Å². The minimum absolute atomic E-state index is 0.0245. The molecule has 1 heterocycles. The van der Waals surface area contributed by atoms with E-state index >= 15 is 0 Å². The number of carbonyl (C=O) groups excluding carboxylic acids is 1. The lowest BCUT2D eigenvalue weighted by molar-refractivity contribution is -0.142. The van der Waals surface area contributed by atoms with Gasteiger partial charge in [0.05, 0.1) is 10.9 Å². The first kappa shape index (κ1) is 15.9. The van der Waals surface area contributed by atoms with Gasteiger partial charge in [-0.25, -0.2) is 0 Å². The van der Waals surface area contributed by atoms with Gasteiger partial charge in [-0.2, -0.15) is 0 Å². The second-order valence-corrected chi connectivity index (χ2v) is 6.02. The number of rotatable bonds is 6. The number of aliphatic carboxylic acids is 1. The zero-order valence-corrected chi connectivity index (χ0v) is 12.9. The number of hydrogen-bond donors (Lipinski definition) is 2. The van der Waals surface area contributed by atoms with Gasteiger partial charge in [0.15, 0.2) is 0 Å². The van der Waals surface area contributed by atoms with Crippen LogP contribution >= 0.6 is 11.6 Å². The summed E-state index contributed by atoms with van der Waals surface area (Å²) in [5.74, 6) is -1.26. The van der Waals surface area contributed by atoms with Crippen LogP contribution in [0.3, 0.4) is 0 Å². The third-order valence-electron chi connectivity index (χ3n) is 4.06. The summed E-state index contributed by atoms with van der Waals surface area (Å²) in [4.78, 5) is 23.4. The summed E-state index contributed by atoms with van der Waals surface area (Å²) < 4.78 is 1.83. The average Bonchev–Trinajstić information content (AvgIpc) is 3.03. The van der Waals surface area contributed by atoms with Crippen molar-refractivity contribution < 1.29 is 14.7 Å². The van der Waals surface area contributed by atoms with Crippen molar-refractivity contribution in [2.75, 3.05) is 6.54 Å². The first-order chi connectivity index (χ1) is 10.0. The molecule has 6 heteroatoms. The molecule has 1 amide bonds. The van der Waals surface area contributed by atoms with Gasteiger partial charge in [-0.3, -0.25) is 9.59 Å². The van der Waals surface area contributed by atoms with E-state index in [-0.39, 0.29) is 17.7 Å². The molecular weight excluding hydrogens is 292 g/mol. The molecule has 2 rings (SSSR count). The van der Waals surface area contributed by atoms with Gasteiger partial charge in [-0.15, -0.1) is 0 Å². The molecule has 0 radical (unpaired) electrons. The van der Waals surface area contributed by atoms with Crippen LogP contribution in [0.1, 0.15) is 43.1 Å². The fourth-order valence-corrected chi connectivity index (χ4v) is 3.23. The van der Waals surface area contributed by atoms with E-state index < -0.39 is 5.97 Å². The number of nitrogens with one attached hydrogen (secondary N) is 1. The Morgan fingerprint density at radius 2 is 2.24 bits per heavy atom. The van der Waals surface area contributed by atoms with Crippen LogP contribution in [0.25, 0.3) is 0 Å². The van der Waals surface area contributed by atoms with Gasteiger partial charge < -0.3 is 15.0 Å². The van der Waals surface area contributed by atoms with Gasteiger partial charge >= 0.3 is 5.97 Å². The Kier molecular flexibility index (Phi) is 5.28. The number of carboxylic acid groups (broad SMARTS) is 1. The summed E-state index contributed by atoms with van der Waals surface area (Å²) >= 11 is 5.96. The molecule has 1 aromatic rings. The Morgan fingerprint density at radius 1 is 1.48 bits per heavy atom. The van der Waals surface area contributed by atoms with Crippen LogP contribution in [-0.4, -0.2) is 28.1 Å². The van der Waals surface area contributed by atoms with Crippen LogP contribution < -0.4 is 5.32 Å². The average molecular weight is 313 g/mol. The third-order valence-corrected chi connectivity index (χ3v) is 4.27. The molecule has 2 N–H and O–H groups in total. The molecule has 0 aromatic carbocycles. The summed E-state index contributed by atoms with van der Waals surface area (Å²) in [5, 5.41) is 12.5. The highest BCUT2D eigenvalue weighted by atomic mass is 35.5. The summed E-state index contributed by atoms with van der Waals surface area (Å²) in [6, 6.07) is 1.65. The number of amides is 1. The number of aromatic nitrogens is 1. The van der Waals surface area contributed by atoms with Gasteiger partial charge in [0.1, 0.15) is 5.69 Å². The lowest BCUT2D eigenvalue weighted by atomic mass is 9.96. The van der Waals surface area contributed by atoms with Gasteiger partial charge in [0.2, 0.25) is 0 Å². The standard InChI is InChI=1S/C15H21ClN2O3/c1-2-6-18-9-11(16)7-13(18)14(19)17-8-10-4-3-5-12(10)15(20)21/h7,9-10,12H,2-6,8H2,1H3,(H,17,19)(H,20,21). The van der Waals surface area contributed by atoms with Crippen molar-refractivity contribution in [3.63, 3.8) is 0 Å². The van der Waals surface area contributed by atoms with Crippen LogP contribution in [0.5, 0.6) is 0 Å². The molecule has 5 nitrogen and oxygen atoms in total. The number of aryl methyl sites for hydroxylation is 1. The fourth-order valence-electron chi connectivity index (χ4n) is 3.01. The highest BCUT2D eigenvalue weighted by Crippen LogP contribution is 2.31. The maximum absolute atomic E-state index is 12.2. The predicted molar refractivity (Wildman–Crippen MR) is 80.5 cm³/mol. The molecule has 2 unspecified atom stereocenters. The molecule has 1 aromatic heterocycles. The maximum Gasteiger partial charge on any atom is 0.306 e. The zero-order valence-electron chi connectivity index (χ0n) is 12.1. The predicted octanol–water partition coefficient (Wildman–Crippen LogP) is 2.78. The van der Waals surface area contributed by atoms with E-state index in [9.17, 15) is 9.59 Å². The zero-order chi connectivity index (χ0) is 15.4. The molecule has 1 fully saturated rings. The van der Waals surface area contributed by atoms with E-state index in [0.717, 1.165) is 25.8 Å². The van der Waals surface area contributed by atoms with E-state index in [1.54, 1.807) is 12.3 Å². The third kappa shape index (κ3) is 3.79. The largest absolute Gasteiger partial charge is 0.481 e. The minimum atomic E-state index is -0.760. The van der Waals surface area contributed by atoms with Crippen molar-refractivity contribution in [2.24, 2.45) is 11.8 Å². The summed E-state index contributed by atoms with van der Waals surface area (Å²) in [6.07, 6.45) is 5.13. The second kappa shape index (κ2) is 6.98. The molecule has 0 bridgehead atoms. The Bertz CT molecular complexity index is 527. The van der Waals surface area contributed by atoms with E-state index in [1.807, 2.05) is 11.5 Å². The Morgan fingerprint density at radius 3 is 2.90 bits per heavy atom. The molecule has 1 aliphatic carbocycles. The minimum Gasteiger partial charge on any atom is -0.481 e. The summed E-state index contributed by atoms with van der Waals surface area (Å²) in [5.41, 5.74) is 0.534. The molecule has 2 atom stereocenters. The molecule has 116 valence electrons. The summed E-state index contributed by atoms with van der Waals surface area (Å²) in [7, 11) is 0. The van der Waals surface area contributed by atoms with E-state index in [4.69, 9.17) is 16.7 Å². The molecule has 1 saturated carbocycles. The van der Waals surface area contributed by atoms with Crippen molar-refractivity contribution in [2.45, 2.75) is 39.2 Å². The molecular formula is C15H21ClN2O3. The smallest absolute Gasteiger partial charge is 0.306 e. The monoisotopic (exact) mass is 312 g/mol. The number of nitrogens with zero attached hydrogens (tertiary/aromatic N) is 1. The quantitative estimate of drug-likeness (QED) is 0.848. The molecule has 0 aliphatic heterocycles. The molecule has 21 heavy (non-hydrogen) atoms. The van der Waals surface area contributed by atoms with E-state index in [0.29, 0.717) is 23.7 Å². The first-order valence-corrected chi connectivity index (χ1v) is 7.77. The molecule has 0 spiro atoms.